The van der Waals surface area contributed by atoms with Gasteiger partial charge in [-0.1, -0.05) is 35.0 Å². The van der Waals surface area contributed by atoms with Gasteiger partial charge in [-0.15, -0.1) is 0 Å². The smallest absolute Gasteiger partial charge is 0.257 e. The van der Waals surface area contributed by atoms with Gasteiger partial charge < -0.3 is 9.84 Å². The fraction of sp³-hybridized carbons (Fsp3) is 0.304. The lowest BCUT2D eigenvalue weighted by molar-refractivity contribution is -0.121. The number of likely N-dealkylation sites (tertiary alicyclic amines) is 1. The number of amides is 1. The highest BCUT2D eigenvalue weighted by Crippen LogP contribution is 2.23. The maximum Gasteiger partial charge on any atom is 0.257 e. The molecule has 2 aromatic carbocycles. The van der Waals surface area contributed by atoms with Crippen molar-refractivity contribution < 1.29 is 9.32 Å². The van der Waals surface area contributed by atoms with Crippen LogP contribution in [0.4, 0.5) is 5.69 Å². The number of nitriles is 1. The molecular weight excluding hydrogens is 378 g/mol. The minimum atomic E-state index is -0.0682. The van der Waals surface area contributed by atoms with E-state index in [-0.39, 0.29) is 11.8 Å². The second-order valence-corrected chi connectivity index (χ2v) is 7.58. The van der Waals surface area contributed by atoms with Crippen LogP contribution < -0.4 is 5.32 Å². The molecule has 0 radical (unpaired) electrons. The lowest BCUT2D eigenvalue weighted by Crippen LogP contribution is -2.38. The van der Waals surface area contributed by atoms with E-state index in [9.17, 15) is 10.1 Å². The van der Waals surface area contributed by atoms with Gasteiger partial charge in [-0.05, 0) is 57.1 Å². The third-order valence-electron chi connectivity index (χ3n) is 5.40. The summed E-state index contributed by atoms with van der Waals surface area (Å²) in [5.74, 6) is 1.08. The molecule has 0 bridgehead atoms. The molecule has 2 heterocycles. The normalized spacial score (nSPS) is 14.9. The van der Waals surface area contributed by atoms with Gasteiger partial charge in [-0.2, -0.15) is 10.2 Å². The first-order chi connectivity index (χ1) is 14.6. The third-order valence-corrected chi connectivity index (χ3v) is 5.40. The van der Waals surface area contributed by atoms with Crippen LogP contribution in [0.15, 0.2) is 53.1 Å². The zero-order valence-electron chi connectivity index (χ0n) is 16.8. The number of carbonyl (C=O) groups excluding carboxylic acids is 1. The molecule has 0 unspecified atom stereocenters. The Kier molecular flexibility index (Phi) is 5.87. The van der Waals surface area contributed by atoms with E-state index in [2.05, 4.69) is 26.4 Å². The van der Waals surface area contributed by atoms with Gasteiger partial charge in [0.15, 0.2) is 5.82 Å². The zero-order valence-corrected chi connectivity index (χ0v) is 16.8. The Balaban J connectivity index is 1.30. The van der Waals surface area contributed by atoms with Gasteiger partial charge in [0, 0.05) is 11.5 Å². The lowest BCUT2D eigenvalue weighted by atomic mass is 9.95. The van der Waals surface area contributed by atoms with Crippen molar-refractivity contribution in [3.8, 4) is 17.5 Å². The van der Waals surface area contributed by atoms with Crippen molar-refractivity contribution in [1.29, 1.82) is 5.26 Å². The predicted molar refractivity (Wildman–Crippen MR) is 112 cm³/mol. The monoisotopic (exact) mass is 401 g/mol. The molecule has 1 N–H and O–H groups in total. The summed E-state index contributed by atoms with van der Waals surface area (Å²) in [7, 11) is 0. The number of aromatic nitrogens is 2. The van der Waals surface area contributed by atoms with Gasteiger partial charge in [0.2, 0.25) is 5.91 Å². The molecule has 152 valence electrons. The first kappa shape index (κ1) is 19.8. The van der Waals surface area contributed by atoms with Gasteiger partial charge >= 0.3 is 0 Å². The second-order valence-electron chi connectivity index (χ2n) is 7.58. The summed E-state index contributed by atoms with van der Waals surface area (Å²) in [4.78, 5) is 19.3. The van der Waals surface area contributed by atoms with Crippen LogP contribution >= 0.6 is 0 Å². The van der Waals surface area contributed by atoms with E-state index in [1.165, 1.54) is 5.56 Å². The Labute approximate surface area is 175 Å². The molecule has 1 fully saturated rings. The minimum Gasteiger partial charge on any atom is -0.334 e. The topological polar surface area (TPSA) is 95.1 Å². The molecule has 7 heteroatoms. The molecule has 0 saturated carbocycles. The Bertz CT molecular complexity index is 1060. The molecule has 4 rings (SSSR count). The van der Waals surface area contributed by atoms with Crippen molar-refractivity contribution in [2.24, 2.45) is 5.92 Å². The number of hydrogen-bond donors (Lipinski definition) is 1. The number of anilines is 1. The van der Waals surface area contributed by atoms with E-state index in [0.717, 1.165) is 31.5 Å². The average Bonchev–Trinajstić information content (AvgIpc) is 3.23. The van der Waals surface area contributed by atoms with E-state index in [4.69, 9.17) is 4.52 Å². The second kappa shape index (κ2) is 8.89. The number of nitrogens with zero attached hydrogens (tertiary/aromatic N) is 4. The van der Waals surface area contributed by atoms with Gasteiger partial charge in [-0.3, -0.25) is 9.69 Å². The Hall–Kier alpha value is -3.50. The van der Waals surface area contributed by atoms with Gasteiger partial charge in [-0.25, -0.2) is 0 Å². The maximum atomic E-state index is 12.6. The third kappa shape index (κ3) is 4.56. The largest absolute Gasteiger partial charge is 0.334 e. The summed E-state index contributed by atoms with van der Waals surface area (Å²) in [6.07, 6.45) is 1.51. The maximum absolute atomic E-state index is 12.6. The number of hydrogen-bond acceptors (Lipinski definition) is 6. The van der Waals surface area contributed by atoms with Crippen molar-refractivity contribution in [3.05, 3.63) is 65.5 Å². The summed E-state index contributed by atoms with van der Waals surface area (Å²) in [5.41, 5.74) is 3.14. The van der Waals surface area contributed by atoms with Crippen LogP contribution in [0, 0.1) is 24.2 Å². The lowest BCUT2D eigenvalue weighted by Gasteiger charge is -2.30. The molecule has 1 aliphatic rings. The summed E-state index contributed by atoms with van der Waals surface area (Å²) in [5, 5.41) is 16.2. The molecule has 1 amide bonds. The molecular formula is C23H23N5O2. The molecule has 0 aliphatic carbocycles. The van der Waals surface area contributed by atoms with Gasteiger partial charge in [0.05, 0.1) is 17.8 Å². The fourth-order valence-electron chi connectivity index (χ4n) is 3.61. The van der Waals surface area contributed by atoms with Crippen molar-refractivity contribution >= 4 is 11.6 Å². The molecule has 1 aromatic heterocycles. The van der Waals surface area contributed by atoms with Crippen LogP contribution in [-0.4, -0.2) is 34.0 Å². The summed E-state index contributed by atoms with van der Waals surface area (Å²) in [6, 6.07) is 17.2. The van der Waals surface area contributed by atoms with Gasteiger partial charge in [0.25, 0.3) is 5.89 Å². The number of nitrogens with one attached hydrogen (secondary N) is 1. The Morgan fingerprint density at radius 1 is 1.20 bits per heavy atom. The molecule has 30 heavy (non-hydrogen) atoms. The van der Waals surface area contributed by atoms with Crippen LogP contribution in [-0.2, 0) is 11.3 Å². The standard InChI is InChI=1S/C23H23N5O2/c1-16-6-8-18(9-7-16)23-26-21(27-30-23)15-28-12-10-17(11-13-28)22(29)25-20-5-3-2-4-19(20)14-24/h2-9,17H,10-13,15H2,1H3,(H,25,29). The summed E-state index contributed by atoms with van der Waals surface area (Å²) < 4.78 is 5.40. The van der Waals surface area contributed by atoms with E-state index in [1.54, 1.807) is 18.2 Å². The van der Waals surface area contributed by atoms with Crippen molar-refractivity contribution in [1.82, 2.24) is 15.0 Å². The molecule has 7 nitrogen and oxygen atoms in total. The van der Waals surface area contributed by atoms with E-state index in [0.29, 0.717) is 29.5 Å². The van der Waals surface area contributed by atoms with Crippen LogP contribution in [0.1, 0.15) is 29.8 Å². The number of benzene rings is 2. The SMILES string of the molecule is Cc1ccc(-c2nc(CN3CCC(C(=O)Nc4ccccc4C#N)CC3)no2)cc1. The van der Waals surface area contributed by atoms with Crippen LogP contribution in [0.3, 0.4) is 0 Å². The number of para-hydroxylation sites is 1. The first-order valence-electron chi connectivity index (χ1n) is 10.0. The highest BCUT2D eigenvalue weighted by atomic mass is 16.5. The van der Waals surface area contributed by atoms with E-state index >= 15 is 0 Å². The van der Waals surface area contributed by atoms with E-state index < -0.39 is 0 Å². The number of carbonyl (C=O) groups is 1. The first-order valence-corrected chi connectivity index (χ1v) is 10.0. The van der Waals surface area contributed by atoms with Crippen LogP contribution in [0.2, 0.25) is 0 Å². The van der Waals surface area contributed by atoms with Crippen LogP contribution in [0.5, 0.6) is 0 Å². The zero-order chi connectivity index (χ0) is 20.9. The molecule has 1 saturated heterocycles. The van der Waals surface area contributed by atoms with Crippen molar-refractivity contribution in [2.45, 2.75) is 26.3 Å². The summed E-state index contributed by atoms with van der Waals surface area (Å²) >= 11 is 0. The molecule has 0 atom stereocenters. The fourth-order valence-corrected chi connectivity index (χ4v) is 3.61. The number of rotatable bonds is 5. The highest BCUT2D eigenvalue weighted by Gasteiger charge is 2.26. The van der Waals surface area contributed by atoms with Gasteiger partial charge in [0.1, 0.15) is 6.07 Å². The quantitative estimate of drug-likeness (QED) is 0.699. The van der Waals surface area contributed by atoms with E-state index in [1.807, 2.05) is 37.3 Å². The molecule has 1 aliphatic heterocycles. The Morgan fingerprint density at radius 2 is 1.93 bits per heavy atom. The van der Waals surface area contributed by atoms with Crippen LogP contribution in [0.25, 0.3) is 11.5 Å². The molecule has 3 aromatic rings. The van der Waals surface area contributed by atoms with Crippen molar-refractivity contribution in [2.75, 3.05) is 18.4 Å². The predicted octanol–water partition coefficient (Wildman–Crippen LogP) is 3.77. The number of piperidine rings is 1. The summed E-state index contributed by atoms with van der Waals surface area (Å²) in [6.45, 7) is 4.20. The highest BCUT2D eigenvalue weighted by molar-refractivity contribution is 5.93. The Morgan fingerprint density at radius 3 is 2.67 bits per heavy atom. The number of aryl methyl sites for hydroxylation is 1. The molecule has 0 spiro atoms. The average molecular weight is 401 g/mol. The minimum absolute atomic E-state index is 0.0291. The van der Waals surface area contributed by atoms with Crippen molar-refractivity contribution in [3.63, 3.8) is 0 Å².